The molecule has 2 rings (SSSR count). The average molecular weight is 327 g/mol. The molecular weight excluding hydrogens is 316 g/mol. The Morgan fingerprint density at radius 3 is 3.05 bits per heavy atom. The summed E-state index contributed by atoms with van der Waals surface area (Å²) in [6.45, 7) is 1.97. The van der Waals surface area contributed by atoms with E-state index >= 15 is 0 Å². The number of nitrogen functional groups attached to an aromatic ring is 1. The van der Waals surface area contributed by atoms with Crippen molar-refractivity contribution in [2.24, 2.45) is 5.84 Å². The summed E-state index contributed by atoms with van der Waals surface area (Å²) in [5.41, 5.74) is 2.49. The van der Waals surface area contributed by atoms with E-state index in [4.69, 9.17) is 10.3 Å². The molecule has 19 heavy (non-hydrogen) atoms. The quantitative estimate of drug-likeness (QED) is 0.487. The van der Waals surface area contributed by atoms with Gasteiger partial charge < -0.3 is 4.42 Å². The van der Waals surface area contributed by atoms with Crippen molar-refractivity contribution in [3.8, 4) is 0 Å². The predicted molar refractivity (Wildman–Crippen MR) is 70.4 cm³/mol. The van der Waals surface area contributed by atoms with Crippen LogP contribution in [0.15, 0.2) is 32.3 Å². The Balaban J connectivity index is 2.34. The van der Waals surface area contributed by atoms with Crippen molar-refractivity contribution in [1.29, 1.82) is 0 Å². The molecule has 8 heteroatoms. The van der Waals surface area contributed by atoms with E-state index in [1.54, 1.807) is 13.0 Å². The van der Waals surface area contributed by atoms with Crippen LogP contribution in [0, 0.1) is 6.92 Å². The van der Waals surface area contributed by atoms with E-state index in [0.29, 0.717) is 15.8 Å². The Morgan fingerprint density at radius 2 is 2.37 bits per heavy atom. The second-order valence-electron chi connectivity index (χ2n) is 3.84. The number of aryl methyl sites for hydroxylation is 1. The van der Waals surface area contributed by atoms with Gasteiger partial charge in [0, 0.05) is 11.8 Å². The van der Waals surface area contributed by atoms with Crippen LogP contribution in [0.1, 0.15) is 21.9 Å². The van der Waals surface area contributed by atoms with Gasteiger partial charge >= 0.3 is 5.91 Å². The molecule has 1 amide bonds. The SMILES string of the molecule is Cc1oc(C(=O)NN)cc1Cn1cncc(Br)c1=O. The van der Waals surface area contributed by atoms with Crippen molar-refractivity contribution in [3.05, 3.63) is 50.5 Å². The zero-order valence-corrected chi connectivity index (χ0v) is 11.6. The third-order valence-electron chi connectivity index (χ3n) is 2.58. The van der Waals surface area contributed by atoms with Crippen LogP contribution in [0.3, 0.4) is 0 Å². The molecule has 0 unspecified atom stereocenters. The second kappa shape index (κ2) is 5.37. The molecule has 0 aliphatic heterocycles. The normalized spacial score (nSPS) is 10.5. The summed E-state index contributed by atoms with van der Waals surface area (Å²) in [5, 5.41) is 0. The van der Waals surface area contributed by atoms with Crippen LogP contribution < -0.4 is 16.8 Å². The summed E-state index contributed by atoms with van der Waals surface area (Å²) in [6.07, 6.45) is 2.84. The van der Waals surface area contributed by atoms with Gasteiger partial charge in [-0.15, -0.1) is 0 Å². The molecule has 0 saturated carbocycles. The van der Waals surface area contributed by atoms with Crippen LogP contribution in [0.5, 0.6) is 0 Å². The molecule has 0 fully saturated rings. The highest BCUT2D eigenvalue weighted by Crippen LogP contribution is 2.15. The minimum absolute atomic E-state index is 0.103. The van der Waals surface area contributed by atoms with Crippen molar-refractivity contribution in [2.45, 2.75) is 13.5 Å². The zero-order valence-electron chi connectivity index (χ0n) is 10.0. The number of furan rings is 1. The summed E-state index contributed by atoms with van der Waals surface area (Å²) >= 11 is 3.12. The second-order valence-corrected chi connectivity index (χ2v) is 4.69. The molecule has 7 nitrogen and oxygen atoms in total. The molecule has 2 heterocycles. The average Bonchev–Trinajstić information content (AvgIpc) is 2.75. The molecule has 0 aromatic carbocycles. The number of halogens is 1. The maximum absolute atomic E-state index is 11.8. The molecule has 0 aliphatic rings. The fourth-order valence-corrected chi connectivity index (χ4v) is 1.93. The van der Waals surface area contributed by atoms with E-state index in [1.807, 2.05) is 5.43 Å². The zero-order chi connectivity index (χ0) is 14.0. The van der Waals surface area contributed by atoms with Gasteiger partial charge in [0.2, 0.25) is 0 Å². The van der Waals surface area contributed by atoms with E-state index in [0.717, 1.165) is 0 Å². The van der Waals surface area contributed by atoms with Crippen LogP contribution in [0.2, 0.25) is 0 Å². The molecule has 100 valence electrons. The fourth-order valence-electron chi connectivity index (χ4n) is 1.58. The van der Waals surface area contributed by atoms with E-state index in [-0.39, 0.29) is 17.9 Å². The lowest BCUT2D eigenvalue weighted by Gasteiger charge is -2.03. The van der Waals surface area contributed by atoms with Crippen LogP contribution in [0.25, 0.3) is 0 Å². The number of hydrogen-bond donors (Lipinski definition) is 2. The van der Waals surface area contributed by atoms with Crippen LogP contribution in [-0.2, 0) is 6.54 Å². The number of carbonyl (C=O) groups is 1. The predicted octanol–water partition coefficient (Wildman–Crippen LogP) is 0.559. The number of nitrogens with two attached hydrogens (primary N) is 1. The summed E-state index contributed by atoms with van der Waals surface area (Å²) in [6, 6.07) is 1.55. The van der Waals surface area contributed by atoms with Crippen molar-refractivity contribution in [1.82, 2.24) is 15.0 Å². The van der Waals surface area contributed by atoms with Gasteiger partial charge in [0.05, 0.1) is 12.9 Å². The number of carbonyl (C=O) groups excluding carboxylic acids is 1. The first-order valence-electron chi connectivity index (χ1n) is 5.33. The largest absolute Gasteiger partial charge is 0.456 e. The lowest BCUT2D eigenvalue weighted by molar-refractivity contribution is 0.0924. The van der Waals surface area contributed by atoms with Crippen molar-refractivity contribution in [2.75, 3.05) is 0 Å². The molecular formula is C11H11BrN4O3. The molecule has 2 aromatic rings. The molecule has 0 bridgehead atoms. The topological polar surface area (TPSA) is 103 Å². The van der Waals surface area contributed by atoms with Crippen molar-refractivity contribution < 1.29 is 9.21 Å². The van der Waals surface area contributed by atoms with E-state index < -0.39 is 5.91 Å². The van der Waals surface area contributed by atoms with Gasteiger partial charge in [-0.2, -0.15) is 0 Å². The highest BCUT2D eigenvalue weighted by molar-refractivity contribution is 9.10. The number of hydrogen-bond acceptors (Lipinski definition) is 5. The smallest absolute Gasteiger partial charge is 0.300 e. The van der Waals surface area contributed by atoms with Gasteiger partial charge in [0.25, 0.3) is 5.56 Å². The van der Waals surface area contributed by atoms with Crippen molar-refractivity contribution in [3.63, 3.8) is 0 Å². The number of nitrogens with one attached hydrogen (secondary N) is 1. The third-order valence-corrected chi connectivity index (χ3v) is 3.12. The lowest BCUT2D eigenvalue weighted by atomic mass is 10.2. The minimum atomic E-state index is -0.519. The third kappa shape index (κ3) is 2.74. The molecule has 0 radical (unpaired) electrons. The number of aromatic nitrogens is 2. The van der Waals surface area contributed by atoms with Crippen molar-refractivity contribution >= 4 is 21.8 Å². The number of amides is 1. The fraction of sp³-hybridized carbons (Fsp3) is 0.182. The standard InChI is InChI=1S/C11H11BrN4O3/c1-6-7(2-9(19-6)10(17)15-13)4-16-5-14-3-8(12)11(16)18/h2-3,5H,4,13H2,1H3,(H,15,17). The maximum atomic E-state index is 11.8. The Kier molecular flexibility index (Phi) is 3.82. The molecule has 0 atom stereocenters. The summed E-state index contributed by atoms with van der Waals surface area (Å²) < 4.78 is 7.05. The summed E-state index contributed by atoms with van der Waals surface area (Å²) in [5.74, 6) is 5.16. The first kappa shape index (κ1) is 13.5. The Labute approximate surface area is 116 Å². The van der Waals surface area contributed by atoms with Gasteiger partial charge in [-0.1, -0.05) is 0 Å². The summed E-state index contributed by atoms with van der Waals surface area (Å²) in [7, 11) is 0. The van der Waals surface area contributed by atoms with E-state index in [9.17, 15) is 9.59 Å². The Bertz CT molecular complexity index is 677. The van der Waals surface area contributed by atoms with Crippen LogP contribution >= 0.6 is 15.9 Å². The molecule has 0 aliphatic carbocycles. The highest BCUT2D eigenvalue weighted by atomic mass is 79.9. The van der Waals surface area contributed by atoms with Gasteiger partial charge in [0.15, 0.2) is 5.76 Å². The van der Waals surface area contributed by atoms with Crippen LogP contribution in [0.4, 0.5) is 0 Å². The van der Waals surface area contributed by atoms with E-state index in [1.165, 1.54) is 17.1 Å². The number of nitrogens with zero attached hydrogens (tertiary/aromatic N) is 2. The first-order valence-corrected chi connectivity index (χ1v) is 6.12. The number of hydrazine groups is 1. The first-order chi connectivity index (χ1) is 9.02. The molecule has 3 N–H and O–H groups in total. The van der Waals surface area contributed by atoms with Gasteiger partial charge in [-0.3, -0.25) is 19.6 Å². The lowest BCUT2D eigenvalue weighted by Crippen LogP contribution is -2.29. The van der Waals surface area contributed by atoms with Gasteiger partial charge in [0.1, 0.15) is 10.2 Å². The highest BCUT2D eigenvalue weighted by Gasteiger charge is 2.14. The maximum Gasteiger partial charge on any atom is 0.300 e. The van der Waals surface area contributed by atoms with Crippen LogP contribution in [-0.4, -0.2) is 15.5 Å². The van der Waals surface area contributed by atoms with Gasteiger partial charge in [-0.05, 0) is 28.9 Å². The summed E-state index contributed by atoms with van der Waals surface area (Å²) in [4.78, 5) is 27.1. The molecule has 2 aromatic heterocycles. The Morgan fingerprint density at radius 1 is 1.63 bits per heavy atom. The monoisotopic (exact) mass is 326 g/mol. The minimum Gasteiger partial charge on any atom is -0.456 e. The molecule has 0 saturated heterocycles. The van der Waals surface area contributed by atoms with Gasteiger partial charge in [-0.25, -0.2) is 10.8 Å². The van der Waals surface area contributed by atoms with E-state index in [2.05, 4.69) is 20.9 Å². The molecule has 0 spiro atoms. The number of rotatable bonds is 3. The Hall–Kier alpha value is -1.93.